The molecular weight excluding hydrogens is 1040 g/mol. The smallest absolute Gasteiger partial charge is 0.394 e. The molecule has 6 N–H and O–H groups in total. The first kappa shape index (κ1) is 77.3. The Morgan fingerprint density at radius 1 is 0.494 bits per heavy atom. The first-order chi connectivity index (χ1) is 39.5. The molecule has 0 bridgehead atoms. The summed E-state index contributed by atoms with van der Waals surface area (Å²) in [5.41, 5.74) is 0. The van der Waals surface area contributed by atoms with Crippen molar-refractivity contribution in [2.45, 2.75) is 378 Å². The van der Waals surface area contributed by atoms with E-state index in [1.165, 1.54) is 263 Å². The quantitative estimate of drug-likeness (QED) is 0.0193. The van der Waals surface area contributed by atoms with Gasteiger partial charge in [0, 0.05) is 6.42 Å². The van der Waals surface area contributed by atoms with Gasteiger partial charge in [0.15, 0.2) is 6.29 Å². The van der Waals surface area contributed by atoms with Crippen molar-refractivity contribution in [3.05, 3.63) is 36.5 Å². The summed E-state index contributed by atoms with van der Waals surface area (Å²) in [4.78, 5) is 13.2. The van der Waals surface area contributed by atoms with E-state index in [-0.39, 0.29) is 18.9 Å². The van der Waals surface area contributed by atoms with Crippen LogP contribution in [0, 0.1) is 0 Å². The standard InChI is InChI=1S/C68H129NO11S/c1-3-5-7-9-11-13-15-17-19-21-23-25-27-28-29-30-31-32-33-34-36-38-40-42-44-46-48-50-52-54-56-58-64(72)69-61(60-78-68-66(74)67(80-81(75,76)77)65(73)63(59-70)79-68)62(71)57-55-53-51-49-47-45-43-41-39-37-35-26-24-22-20-18-16-14-12-10-8-6-4-2/h23,25,28-29,55,57,61-63,65-68,70-71,73-74H,3-22,24,26-27,30-54,56,58-60H2,1-2H3,(H,69,72)(H,75,76,77)/b25-23-,29-28-,57-55+. The van der Waals surface area contributed by atoms with Crippen LogP contribution in [0.15, 0.2) is 36.5 Å². The van der Waals surface area contributed by atoms with Crippen molar-refractivity contribution < 1.29 is 51.8 Å². The number of carbonyl (C=O) groups is 1. The van der Waals surface area contributed by atoms with Gasteiger partial charge < -0.3 is 35.2 Å². The van der Waals surface area contributed by atoms with Gasteiger partial charge in [-0.1, -0.05) is 314 Å². The summed E-state index contributed by atoms with van der Waals surface area (Å²) in [6, 6.07) is -0.945. The molecule has 13 heteroatoms. The van der Waals surface area contributed by atoms with Gasteiger partial charge in [-0.25, -0.2) is 4.18 Å². The van der Waals surface area contributed by atoms with E-state index >= 15 is 0 Å². The van der Waals surface area contributed by atoms with Crippen LogP contribution < -0.4 is 5.32 Å². The van der Waals surface area contributed by atoms with Crippen molar-refractivity contribution in [2.24, 2.45) is 0 Å². The zero-order valence-electron chi connectivity index (χ0n) is 52.4. The highest BCUT2D eigenvalue weighted by molar-refractivity contribution is 7.80. The predicted octanol–water partition coefficient (Wildman–Crippen LogP) is 17.7. The maximum atomic E-state index is 13.2. The Morgan fingerprint density at radius 3 is 1.17 bits per heavy atom. The Bertz CT molecular complexity index is 1560. The number of nitrogens with one attached hydrogen (secondary N) is 1. The van der Waals surface area contributed by atoms with Crippen LogP contribution in [0.1, 0.15) is 335 Å². The average molecular weight is 1170 g/mol. The Hall–Kier alpha value is -1.68. The molecule has 1 saturated heterocycles. The lowest BCUT2D eigenvalue weighted by Crippen LogP contribution is -2.61. The van der Waals surface area contributed by atoms with E-state index < -0.39 is 59.9 Å². The maximum absolute atomic E-state index is 13.2. The third kappa shape index (κ3) is 49.2. The van der Waals surface area contributed by atoms with Gasteiger partial charge >= 0.3 is 10.4 Å². The monoisotopic (exact) mass is 1170 g/mol. The van der Waals surface area contributed by atoms with E-state index in [9.17, 15) is 38.2 Å². The SMILES string of the molecule is CCCCCCCCCCC/C=C\C/C=C\CCCCCCCCCCCCCCCCCC(=O)NC(COC1OC(CO)C(O)C(OS(=O)(=O)O)C1O)C(O)/C=C/CCCCCCCCCCCCCCCCCCCCCCC. The summed E-state index contributed by atoms with van der Waals surface area (Å²) in [6.45, 7) is 3.45. The number of hydrogen-bond acceptors (Lipinski definition) is 10. The Labute approximate surface area is 498 Å². The van der Waals surface area contributed by atoms with Crippen LogP contribution in [0.5, 0.6) is 0 Å². The fourth-order valence-electron chi connectivity index (χ4n) is 11.1. The van der Waals surface area contributed by atoms with E-state index in [0.717, 1.165) is 44.9 Å². The molecule has 0 aliphatic carbocycles. The predicted molar refractivity (Wildman–Crippen MR) is 338 cm³/mol. The molecule has 0 saturated carbocycles. The third-order valence-corrected chi connectivity index (χ3v) is 16.9. The number of aliphatic hydroxyl groups excluding tert-OH is 4. The zero-order chi connectivity index (χ0) is 59.0. The van der Waals surface area contributed by atoms with Crippen LogP contribution in [-0.2, 0) is 28.9 Å². The summed E-state index contributed by atoms with van der Waals surface area (Å²) in [5.74, 6) is -0.257. The minimum absolute atomic E-state index is 0.257. The van der Waals surface area contributed by atoms with Gasteiger partial charge in [-0.15, -0.1) is 0 Å². The zero-order valence-corrected chi connectivity index (χ0v) is 53.2. The lowest BCUT2D eigenvalue weighted by Gasteiger charge is -2.41. The van der Waals surface area contributed by atoms with E-state index in [0.29, 0.717) is 6.42 Å². The molecule has 1 rings (SSSR count). The van der Waals surface area contributed by atoms with Gasteiger partial charge in [-0.2, -0.15) is 8.42 Å². The van der Waals surface area contributed by atoms with Crippen molar-refractivity contribution in [3.8, 4) is 0 Å². The van der Waals surface area contributed by atoms with Gasteiger partial charge in [0.1, 0.15) is 24.4 Å². The molecule has 1 amide bonds. The summed E-state index contributed by atoms with van der Waals surface area (Å²) >= 11 is 0. The Kier molecular flexibility index (Phi) is 54.8. The number of unbranched alkanes of at least 4 members (excludes halogenated alkanes) is 45. The number of amides is 1. The molecule has 0 spiro atoms. The Balaban J connectivity index is 2.26. The Morgan fingerprint density at radius 2 is 0.827 bits per heavy atom. The lowest BCUT2D eigenvalue weighted by atomic mass is 9.99. The number of allylic oxidation sites excluding steroid dienone is 5. The van der Waals surface area contributed by atoms with Crippen molar-refractivity contribution in [2.75, 3.05) is 13.2 Å². The fraction of sp³-hybridized carbons (Fsp3) is 0.897. The number of rotatable bonds is 61. The maximum Gasteiger partial charge on any atom is 0.397 e. The molecular formula is C68H129NO11S. The van der Waals surface area contributed by atoms with Crippen LogP contribution in [-0.4, -0.2) is 95.4 Å². The highest BCUT2D eigenvalue weighted by Crippen LogP contribution is 2.26. The summed E-state index contributed by atoms with van der Waals surface area (Å²) in [5, 5.41) is 45.2. The van der Waals surface area contributed by atoms with Crippen molar-refractivity contribution in [1.82, 2.24) is 5.32 Å². The largest absolute Gasteiger partial charge is 0.397 e. The normalized spacial score (nSPS) is 18.7. The van der Waals surface area contributed by atoms with Gasteiger partial charge in [-0.05, 0) is 51.4 Å². The molecule has 0 aromatic heterocycles. The second-order valence-corrected chi connectivity index (χ2v) is 25.2. The van der Waals surface area contributed by atoms with E-state index in [2.05, 4.69) is 47.7 Å². The van der Waals surface area contributed by atoms with Crippen LogP contribution in [0.2, 0.25) is 0 Å². The molecule has 7 unspecified atom stereocenters. The van der Waals surface area contributed by atoms with Crippen molar-refractivity contribution in [1.29, 1.82) is 0 Å². The van der Waals surface area contributed by atoms with Crippen LogP contribution >= 0.6 is 0 Å². The van der Waals surface area contributed by atoms with Crippen molar-refractivity contribution in [3.63, 3.8) is 0 Å². The minimum atomic E-state index is -5.09. The fourth-order valence-corrected chi connectivity index (χ4v) is 11.6. The molecule has 81 heavy (non-hydrogen) atoms. The number of carbonyl (C=O) groups excluding carboxylic acids is 1. The van der Waals surface area contributed by atoms with Gasteiger partial charge in [0.25, 0.3) is 0 Å². The summed E-state index contributed by atoms with van der Waals surface area (Å²) < 4.78 is 48.0. The molecule has 12 nitrogen and oxygen atoms in total. The molecule has 1 heterocycles. The van der Waals surface area contributed by atoms with Gasteiger partial charge in [-0.3, -0.25) is 9.35 Å². The van der Waals surface area contributed by atoms with Crippen molar-refractivity contribution >= 4 is 16.3 Å². The second kappa shape index (κ2) is 57.4. The molecule has 1 aliphatic heterocycles. The highest BCUT2D eigenvalue weighted by Gasteiger charge is 2.48. The molecule has 1 fully saturated rings. The minimum Gasteiger partial charge on any atom is -0.394 e. The van der Waals surface area contributed by atoms with Crippen LogP contribution in [0.3, 0.4) is 0 Å². The van der Waals surface area contributed by atoms with E-state index in [4.69, 9.17) is 9.47 Å². The van der Waals surface area contributed by atoms with Gasteiger partial charge in [0.05, 0.1) is 25.4 Å². The first-order valence-corrected chi connectivity index (χ1v) is 35.7. The molecule has 478 valence electrons. The summed E-state index contributed by atoms with van der Waals surface area (Å²) in [6.07, 6.45) is 66.4. The number of aliphatic hydroxyl groups is 4. The number of ether oxygens (including phenoxy) is 2. The molecule has 7 atom stereocenters. The van der Waals surface area contributed by atoms with E-state index in [1.54, 1.807) is 6.08 Å². The third-order valence-electron chi connectivity index (χ3n) is 16.4. The average Bonchev–Trinajstić information content (AvgIpc) is 3.51. The molecule has 0 radical (unpaired) electrons. The second-order valence-electron chi connectivity index (χ2n) is 24.1. The number of hydrogen-bond donors (Lipinski definition) is 6. The topological polar surface area (TPSA) is 192 Å². The summed E-state index contributed by atoms with van der Waals surface area (Å²) in [7, 11) is -5.09. The van der Waals surface area contributed by atoms with Gasteiger partial charge in [0.2, 0.25) is 5.91 Å². The first-order valence-electron chi connectivity index (χ1n) is 34.4. The molecule has 1 aliphatic rings. The van der Waals surface area contributed by atoms with Crippen LogP contribution in [0.25, 0.3) is 0 Å². The molecule has 0 aromatic rings. The lowest BCUT2D eigenvalue weighted by molar-refractivity contribution is -0.298. The highest BCUT2D eigenvalue weighted by atomic mass is 32.3. The molecule has 0 aromatic carbocycles. The van der Waals surface area contributed by atoms with E-state index in [1.807, 2.05) is 6.08 Å². The van der Waals surface area contributed by atoms with Crippen LogP contribution in [0.4, 0.5) is 0 Å².